The van der Waals surface area contributed by atoms with Gasteiger partial charge in [0.15, 0.2) is 11.5 Å². The molecular weight excluding hydrogens is 480 g/mol. The first-order valence-corrected chi connectivity index (χ1v) is 13.4. The Morgan fingerprint density at radius 3 is 2.74 bits per heavy atom. The number of pyridine rings is 1. The molecule has 7 nitrogen and oxygen atoms in total. The lowest BCUT2D eigenvalue weighted by Gasteiger charge is -2.34. The number of rotatable bonds is 10. The van der Waals surface area contributed by atoms with Gasteiger partial charge in [-0.05, 0) is 67.6 Å². The SMILES string of the molecule is COC[C@@H]1CCCN1C(c1ccc(CC(=O)C2(c3ccc4c(c3)OCO4)CC2)nc1)c1ccccc1OC.[HH]. The van der Waals surface area contributed by atoms with E-state index in [-0.39, 0.29) is 20.0 Å². The van der Waals surface area contributed by atoms with Gasteiger partial charge in [-0.2, -0.15) is 0 Å². The van der Waals surface area contributed by atoms with Crippen molar-refractivity contribution in [2.75, 3.05) is 34.2 Å². The van der Waals surface area contributed by atoms with E-state index in [2.05, 4.69) is 23.1 Å². The maximum absolute atomic E-state index is 13.5. The molecule has 6 rings (SSSR count). The summed E-state index contributed by atoms with van der Waals surface area (Å²) >= 11 is 0. The molecule has 200 valence electrons. The second-order valence-electron chi connectivity index (χ2n) is 10.5. The van der Waals surface area contributed by atoms with Crippen molar-refractivity contribution in [3.63, 3.8) is 0 Å². The Labute approximate surface area is 225 Å². The third kappa shape index (κ3) is 4.54. The van der Waals surface area contributed by atoms with Gasteiger partial charge < -0.3 is 18.9 Å². The predicted octanol–water partition coefficient (Wildman–Crippen LogP) is 5.11. The van der Waals surface area contributed by atoms with E-state index in [0.29, 0.717) is 19.1 Å². The van der Waals surface area contributed by atoms with Crippen LogP contribution >= 0.6 is 0 Å². The number of fused-ring (bicyclic) bond motifs is 1. The molecule has 0 spiro atoms. The molecule has 0 N–H and O–H groups in total. The van der Waals surface area contributed by atoms with Crippen LogP contribution in [0.25, 0.3) is 0 Å². The van der Waals surface area contributed by atoms with E-state index >= 15 is 0 Å². The summed E-state index contributed by atoms with van der Waals surface area (Å²) in [5.41, 5.74) is 3.57. The number of hydrogen-bond acceptors (Lipinski definition) is 7. The fourth-order valence-electron chi connectivity index (χ4n) is 6.09. The van der Waals surface area contributed by atoms with Crippen LogP contribution < -0.4 is 14.2 Å². The Morgan fingerprint density at radius 2 is 1.97 bits per heavy atom. The number of aromatic nitrogens is 1. The zero-order valence-electron chi connectivity index (χ0n) is 22.0. The van der Waals surface area contributed by atoms with Gasteiger partial charge >= 0.3 is 0 Å². The summed E-state index contributed by atoms with van der Waals surface area (Å²) in [6.45, 7) is 1.90. The topological polar surface area (TPSA) is 70.1 Å². The van der Waals surface area contributed by atoms with E-state index < -0.39 is 5.41 Å². The van der Waals surface area contributed by atoms with Gasteiger partial charge in [-0.1, -0.05) is 30.3 Å². The fourth-order valence-corrected chi connectivity index (χ4v) is 6.09. The number of Topliss-reactive ketones (excluding diaryl/α,β-unsaturated/α-hetero) is 1. The van der Waals surface area contributed by atoms with Crippen LogP contribution in [0.3, 0.4) is 0 Å². The van der Waals surface area contributed by atoms with Crippen molar-refractivity contribution in [1.29, 1.82) is 0 Å². The average Bonchev–Trinajstić information content (AvgIpc) is 3.42. The van der Waals surface area contributed by atoms with Crippen molar-refractivity contribution < 1.29 is 25.2 Å². The monoisotopic (exact) mass is 516 g/mol. The first-order valence-electron chi connectivity index (χ1n) is 13.4. The van der Waals surface area contributed by atoms with Gasteiger partial charge in [0.05, 0.1) is 25.2 Å². The minimum atomic E-state index is -0.440. The molecule has 0 amide bonds. The molecule has 0 bridgehead atoms. The van der Waals surface area contributed by atoms with Crippen LogP contribution in [0.5, 0.6) is 17.2 Å². The lowest BCUT2D eigenvalue weighted by molar-refractivity contribution is -0.120. The minimum absolute atomic E-state index is 0. The predicted molar refractivity (Wildman–Crippen MR) is 145 cm³/mol. The summed E-state index contributed by atoms with van der Waals surface area (Å²) < 4.78 is 22.3. The van der Waals surface area contributed by atoms with E-state index in [0.717, 1.165) is 71.9 Å². The summed E-state index contributed by atoms with van der Waals surface area (Å²) in [6, 6.07) is 18.5. The maximum Gasteiger partial charge on any atom is 0.231 e. The number of ether oxygens (including phenoxy) is 4. The Bertz CT molecular complexity index is 1310. The molecule has 2 atom stereocenters. The van der Waals surface area contributed by atoms with E-state index in [1.54, 1.807) is 14.2 Å². The highest BCUT2D eigenvalue weighted by atomic mass is 16.7. The number of hydrogen-bond donors (Lipinski definition) is 0. The lowest BCUT2D eigenvalue weighted by Crippen LogP contribution is -2.37. The van der Waals surface area contributed by atoms with Crippen LogP contribution in [-0.2, 0) is 21.4 Å². The largest absolute Gasteiger partial charge is 0.496 e. The van der Waals surface area contributed by atoms with Gasteiger partial charge in [-0.25, -0.2) is 0 Å². The minimum Gasteiger partial charge on any atom is -0.496 e. The van der Waals surface area contributed by atoms with Crippen LogP contribution in [0.4, 0.5) is 0 Å². The molecule has 1 saturated heterocycles. The fraction of sp³-hybridized carbons (Fsp3) is 0.419. The first kappa shape index (κ1) is 24.9. The van der Waals surface area contributed by atoms with Crippen molar-refractivity contribution in [2.24, 2.45) is 0 Å². The van der Waals surface area contributed by atoms with Crippen molar-refractivity contribution in [3.8, 4) is 17.2 Å². The van der Waals surface area contributed by atoms with E-state index in [1.165, 1.54) is 0 Å². The quantitative estimate of drug-likeness (QED) is 0.371. The molecule has 3 aliphatic rings. The van der Waals surface area contributed by atoms with Gasteiger partial charge in [-0.3, -0.25) is 14.7 Å². The Kier molecular flexibility index (Phi) is 6.80. The maximum atomic E-state index is 13.5. The number of methoxy groups -OCH3 is 2. The average molecular weight is 517 g/mol. The van der Waals surface area contributed by atoms with Crippen LogP contribution in [-0.4, -0.2) is 55.9 Å². The Hall–Kier alpha value is -3.42. The summed E-state index contributed by atoms with van der Waals surface area (Å²) in [6.07, 6.45) is 6.18. The number of ketones is 1. The molecule has 38 heavy (non-hydrogen) atoms. The Balaban J connectivity index is 0.00000308. The highest BCUT2D eigenvalue weighted by Crippen LogP contribution is 2.51. The third-order valence-electron chi connectivity index (χ3n) is 8.26. The third-order valence-corrected chi connectivity index (χ3v) is 8.26. The van der Waals surface area contributed by atoms with Crippen LogP contribution in [0.2, 0.25) is 0 Å². The molecule has 2 aliphatic heterocycles. The summed E-state index contributed by atoms with van der Waals surface area (Å²) in [5, 5.41) is 0. The van der Waals surface area contributed by atoms with Crippen molar-refractivity contribution in [1.82, 2.24) is 9.88 Å². The zero-order valence-corrected chi connectivity index (χ0v) is 22.0. The van der Waals surface area contributed by atoms with Crippen molar-refractivity contribution >= 4 is 5.78 Å². The second kappa shape index (κ2) is 10.4. The van der Waals surface area contributed by atoms with E-state index in [9.17, 15) is 4.79 Å². The molecule has 1 aromatic heterocycles. The van der Waals surface area contributed by atoms with Gasteiger partial charge in [-0.15, -0.1) is 0 Å². The van der Waals surface area contributed by atoms with Crippen molar-refractivity contribution in [3.05, 3.63) is 83.2 Å². The summed E-state index contributed by atoms with van der Waals surface area (Å²) in [7, 11) is 3.48. The van der Waals surface area contributed by atoms with Gasteiger partial charge in [0.2, 0.25) is 6.79 Å². The zero-order chi connectivity index (χ0) is 26.1. The molecule has 7 heteroatoms. The number of carbonyl (C=O) groups is 1. The summed E-state index contributed by atoms with van der Waals surface area (Å²) in [5.74, 6) is 2.53. The molecule has 1 saturated carbocycles. The second-order valence-corrected chi connectivity index (χ2v) is 10.5. The number of carbonyl (C=O) groups excluding carboxylic acids is 1. The smallest absolute Gasteiger partial charge is 0.231 e. The highest BCUT2D eigenvalue weighted by Gasteiger charge is 2.51. The van der Waals surface area contributed by atoms with E-state index in [1.807, 2.05) is 42.6 Å². The van der Waals surface area contributed by atoms with Crippen LogP contribution in [0.15, 0.2) is 60.8 Å². The van der Waals surface area contributed by atoms with Gasteiger partial charge in [0.1, 0.15) is 11.5 Å². The molecule has 1 aliphatic carbocycles. The number of benzene rings is 2. The summed E-state index contributed by atoms with van der Waals surface area (Å²) in [4.78, 5) is 20.8. The molecular formula is C31H36N2O5. The first-order chi connectivity index (χ1) is 18.6. The number of para-hydroxylation sites is 1. The van der Waals surface area contributed by atoms with Gasteiger partial charge in [0.25, 0.3) is 0 Å². The number of likely N-dealkylation sites (tertiary alicyclic amines) is 1. The lowest BCUT2D eigenvalue weighted by atomic mass is 9.88. The molecule has 3 aromatic rings. The number of nitrogens with zero attached hydrogens (tertiary/aromatic N) is 2. The molecule has 3 heterocycles. The van der Waals surface area contributed by atoms with Crippen molar-refractivity contribution in [2.45, 2.75) is 49.6 Å². The van der Waals surface area contributed by atoms with Crippen LogP contribution in [0.1, 0.15) is 55.5 Å². The molecule has 0 radical (unpaired) electrons. The van der Waals surface area contributed by atoms with Crippen LogP contribution in [0, 0.1) is 0 Å². The van der Waals surface area contributed by atoms with Gasteiger partial charge in [0, 0.05) is 38.5 Å². The molecule has 2 aromatic carbocycles. The molecule has 1 unspecified atom stereocenters. The highest BCUT2D eigenvalue weighted by molar-refractivity contribution is 5.94. The normalized spacial score (nSPS) is 20.3. The molecule has 2 fully saturated rings. The standard InChI is InChI=1S/C31H34N2O5.H2/c1-35-19-24-6-5-15-33(24)30(25-7-3-4-8-26(25)36-2)21-9-11-23(32-18-21)17-29(34)31(13-14-31)22-10-12-27-28(16-22)38-20-37-27;/h3-4,7-12,16,18,24,30H,5-6,13-15,17,19-20H2,1-2H3;1H/t24-,30?;/m0./s1. The van der Waals surface area contributed by atoms with E-state index in [4.69, 9.17) is 23.9 Å². The Morgan fingerprint density at radius 1 is 1.13 bits per heavy atom.